The Labute approximate surface area is 202 Å². The van der Waals surface area contributed by atoms with Gasteiger partial charge >= 0.3 is 5.97 Å². The molecule has 0 radical (unpaired) electrons. The van der Waals surface area contributed by atoms with Gasteiger partial charge in [-0.05, 0) is 93.4 Å². The molecule has 3 rings (SSSR count). The molecule has 0 atom stereocenters. The summed E-state index contributed by atoms with van der Waals surface area (Å²) in [6.07, 6.45) is 21.6. The van der Waals surface area contributed by atoms with E-state index in [0.29, 0.717) is 11.5 Å². The highest BCUT2D eigenvalue weighted by Crippen LogP contribution is 2.32. The fourth-order valence-electron chi connectivity index (χ4n) is 5.34. The van der Waals surface area contributed by atoms with E-state index in [4.69, 9.17) is 4.74 Å². The average Bonchev–Trinajstić information content (AvgIpc) is 2.84. The molecule has 1 aromatic carbocycles. The van der Waals surface area contributed by atoms with Crippen molar-refractivity contribution in [2.24, 2.45) is 17.8 Å². The lowest BCUT2D eigenvalue weighted by molar-refractivity contribution is 0.0188. The summed E-state index contributed by atoms with van der Waals surface area (Å²) in [6, 6.07) is 7.88. The predicted molar refractivity (Wildman–Crippen MR) is 138 cm³/mol. The Morgan fingerprint density at radius 1 is 0.939 bits per heavy atom. The second kappa shape index (κ2) is 14.3. The summed E-state index contributed by atoms with van der Waals surface area (Å²) in [4.78, 5) is 12.5. The van der Waals surface area contributed by atoms with Gasteiger partial charge in [-0.1, -0.05) is 76.0 Å². The smallest absolute Gasteiger partial charge is 0.338 e. The molecule has 2 aliphatic carbocycles. The lowest BCUT2D eigenvalue weighted by atomic mass is 9.79. The molecule has 2 nitrogen and oxygen atoms in total. The van der Waals surface area contributed by atoms with Crippen molar-refractivity contribution in [2.75, 3.05) is 0 Å². The van der Waals surface area contributed by atoms with Crippen LogP contribution in [0, 0.1) is 29.6 Å². The van der Waals surface area contributed by atoms with Gasteiger partial charge in [0.05, 0.1) is 5.56 Å². The third-order valence-corrected chi connectivity index (χ3v) is 7.52. The number of carbonyl (C=O) groups is 1. The van der Waals surface area contributed by atoms with Crippen LogP contribution in [0.2, 0.25) is 0 Å². The molecule has 0 aromatic heterocycles. The maximum atomic E-state index is 12.5. The number of unbranched alkanes of at least 4 members (excludes halogenated alkanes) is 2. The number of carbonyl (C=O) groups excluding carboxylic acids is 1. The van der Waals surface area contributed by atoms with E-state index >= 15 is 0 Å². The third kappa shape index (κ3) is 9.04. The maximum Gasteiger partial charge on any atom is 0.338 e. The first kappa shape index (κ1) is 25.6. The summed E-state index contributed by atoms with van der Waals surface area (Å²) < 4.78 is 5.77. The minimum Gasteiger partial charge on any atom is -0.459 e. The van der Waals surface area contributed by atoms with Crippen LogP contribution in [0.1, 0.15) is 113 Å². The highest BCUT2D eigenvalue weighted by molar-refractivity contribution is 5.89. The molecule has 180 valence electrons. The Bertz CT molecular complexity index is 778. The van der Waals surface area contributed by atoms with Gasteiger partial charge in [-0.3, -0.25) is 0 Å². The number of hydrogen-bond acceptors (Lipinski definition) is 2. The lowest BCUT2D eigenvalue weighted by Gasteiger charge is -2.26. The van der Waals surface area contributed by atoms with Crippen LogP contribution in [0.25, 0.3) is 0 Å². The minimum atomic E-state index is -0.185. The van der Waals surface area contributed by atoms with Crippen LogP contribution < -0.4 is 0 Å². The first-order chi connectivity index (χ1) is 16.2. The average molecular weight is 449 g/mol. The quantitative estimate of drug-likeness (QED) is 0.216. The SMILES string of the molecule is CCCCC[C@H]1CC[C@H](/C=C/C#C[C@H]2CC[C@H](OC(=O)c3ccc(CCC)cc3)CC2)CC1. The van der Waals surface area contributed by atoms with Gasteiger partial charge in [0, 0.05) is 5.92 Å². The van der Waals surface area contributed by atoms with Crippen LogP contribution >= 0.6 is 0 Å². The Morgan fingerprint density at radius 2 is 1.67 bits per heavy atom. The molecule has 0 unspecified atom stereocenters. The van der Waals surface area contributed by atoms with E-state index in [1.54, 1.807) is 0 Å². The molecule has 0 bridgehead atoms. The van der Waals surface area contributed by atoms with E-state index < -0.39 is 0 Å². The summed E-state index contributed by atoms with van der Waals surface area (Å²) in [7, 11) is 0. The van der Waals surface area contributed by atoms with Crippen LogP contribution in [-0.2, 0) is 11.2 Å². The molecule has 0 N–H and O–H groups in total. The maximum absolute atomic E-state index is 12.5. The van der Waals surface area contributed by atoms with Crippen molar-refractivity contribution in [2.45, 2.75) is 110 Å². The van der Waals surface area contributed by atoms with Crippen molar-refractivity contribution >= 4 is 5.97 Å². The van der Waals surface area contributed by atoms with Gasteiger partial charge in [-0.25, -0.2) is 4.79 Å². The number of esters is 1. The van der Waals surface area contributed by atoms with Gasteiger partial charge in [0.1, 0.15) is 6.10 Å². The van der Waals surface area contributed by atoms with E-state index in [9.17, 15) is 4.79 Å². The lowest BCUT2D eigenvalue weighted by Crippen LogP contribution is -2.24. The number of ether oxygens (including phenoxy) is 1. The molecule has 0 heterocycles. The van der Waals surface area contributed by atoms with Gasteiger partial charge < -0.3 is 4.74 Å². The molecule has 0 saturated heterocycles. The van der Waals surface area contributed by atoms with Crippen LogP contribution in [0.3, 0.4) is 0 Å². The van der Waals surface area contributed by atoms with Crippen LogP contribution in [-0.4, -0.2) is 12.1 Å². The molecule has 1 aromatic rings. The standard InChI is InChI=1S/C31H44O2/c1-3-5-6-10-26-13-15-27(16-14-26)11-7-8-12-28-19-23-30(24-20-28)33-31(32)29-21-17-25(9-4-2)18-22-29/h7,11,17-18,21-22,26-28,30H,3-6,9-10,13-16,19-20,23-24H2,1-2H3/b11-7+/t26-,27-,28-,30-. The van der Waals surface area contributed by atoms with Gasteiger partial charge in [0.25, 0.3) is 0 Å². The van der Waals surface area contributed by atoms with Gasteiger partial charge in [0.15, 0.2) is 0 Å². The molecule has 2 saturated carbocycles. The van der Waals surface area contributed by atoms with Crippen LogP contribution in [0.5, 0.6) is 0 Å². The molecule has 0 amide bonds. The minimum absolute atomic E-state index is 0.0360. The molecule has 2 heteroatoms. The molecular formula is C31H44O2. The normalized spacial score (nSPS) is 25.4. The highest BCUT2D eigenvalue weighted by atomic mass is 16.5. The van der Waals surface area contributed by atoms with Gasteiger partial charge in [-0.15, -0.1) is 0 Å². The molecule has 2 aliphatic rings. The van der Waals surface area contributed by atoms with Crippen LogP contribution in [0.4, 0.5) is 0 Å². The van der Waals surface area contributed by atoms with E-state index in [1.807, 2.05) is 24.3 Å². The monoisotopic (exact) mass is 448 g/mol. The zero-order valence-corrected chi connectivity index (χ0v) is 21.0. The Balaban J connectivity index is 1.32. The number of hydrogen-bond donors (Lipinski definition) is 0. The zero-order chi connectivity index (χ0) is 23.3. The van der Waals surface area contributed by atoms with Crippen molar-refractivity contribution in [3.63, 3.8) is 0 Å². The second-order valence-electron chi connectivity index (χ2n) is 10.3. The summed E-state index contributed by atoms with van der Waals surface area (Å²) in [5.74, 6) is 8.72. The molecular weight excluding hydrogens is 404 g/mol. The highest BCUT2D eigenvalue weighted by Gasteiger charge is 2.23. The van der Waals surface area contributed by atoms with Crippen LogP contribution in [0.15, 0.2) is 36.4 Å². The zero-order valence-electron chi connectivity index (χ0n) is 21.0. The van der Waals surface area contributed by atoms with Crippen molar-refractivity contribution in [1.29, 1.82) is 0 Å². The van der Waals surface area contributed by atoms with E-state index in [0.717, 1.165) is 50.4 Å². The first-order valence-corrected chi connectivity index (χ1v) is 13.7. The Kier molecular flexibility index (Phi) is 11.1. The summed E-state index contributed by atoms with van der Waals surface area (Å²) >= 11 is 0. The third-order valence-electron chi connectivity index (χ3n) is 7.52. The fraction of sp³-hybridized carbons (Fsp3) is 0.645. The predicted octanol–water partition coefficient (Wildman–Crippen LogP) is 8.30. The largest absolute Gasteiger partial charge is 0.459 e. The number of rotatable bonds is 9. The number of allylic oxidation sites excluding steroid dienone is 2. The topological polar surface area (TPSA) is 26.3 Å². The van der Waals surface area contributed by atoms with E-state index in [2.05, 4.69) is 37.8 Å². The van der Waals surface area contributed by atoms with Gasteiger partial charge in [0.2, 0.25) is 0 Å². The fourth-order valence-corrected chi connectivity index (χ4v) is 5.34. The van der Waals surface area contributed by atoms with E-state index in [1.165, 1.54) is 56.9 Å². The van der Waals surface area contributed by atoms with Crippen molar-refractivity contribution in [1.82, 2.24) is 0 Å². The summed E-state index contributed by atoms with van der Waals surface area (Å²) in [6.45, 7) is 4.46. The number of aryl methyl sites for hydroxylation is 1. The molecule has 2 fully saturated rings. The van der Waals surface area contributed by atoms with Crippen molar-refractivity contribution in [3.8, 4) is 11.8 Å². The Hall–Kier alpha value is -2.01. The summed E-state index contributed by atoms with van der Waals surface area (Å²) in [5, 5.41) is 0. The van der Waals surface area contributed by atoms with Gasteiger partial charge in [-0.2, -0.15) is 0 Å². The molecule has 0 spiro atoms. The first-order valence-electron chi connectivity index (χ1n) is 13.7. The summed E-state index contributed by atoms with van der Waals surface area (Å²) in [5.41, 5.74) is 1.94. The molecule has 0 aliphatic heterocycles. The van der Waals surface area contributed by atoms with Crippen molar-refractivity contribution < 1.29 is 9.53 Å². The second-order valence-corrected chi connectivity index (χ2v) is 10.3. The van der Waals surface area contributed by atoms with E-state index in [-0.39, 0.29) is 12.1 Å². The number of benzene rings is 1. The molecule has 33 heavy (non-hydrogen) atoms. The Morgan fingerprint density at radius 3 is 2.33 bits per heavy atom. The van der Waals surface area contributed by atoms with Crippen molar-refractivity contribution in [3.05, 3.63) is 47.5 Å².